The molecule has 0 saturated carbocycles. The Kier molecular flexibility index (Phi) is 5.62. The SMILES string of the molecule is CCC1CCN(CCNCc2cccnc2)CC1. The molecule has 0 radical (unpaired) electrons. The van der Waals surface area contributed by atoms with Gasteiger partial charge in [-0.25, -0.2) is 0 Å². The van der Waals surface area contributed by atoms with Gasteiger partial charge >= 0.3 is 0 Å². The van der Waals surface area contributed by atoms with E-state index in [1.807, 2.05) is 18.5 Å². The van der Waals surface area contributed by atoms with Crippen molar-refractivity contribution >= 4 is 0 Å². The third-order valence-corrected chi connectivity index (χ3v) is 3.94. The van der Waals surface area contributed by atoms with Crippen LogP contribution in [-0.2, 0) is 6.54 Å². The normalized spacial score (nSPS) is 18.1. The van der Waals surface area contributed by atoms with E-state index in [1.54, 1.807) is 0 Å². The minimum absolute atomic E-state index is 0.930. The number of hydrogen-bond donors (Lipinski definition) is 1. The van der Waals surface area contributed by atoms with Crippen LogP contribution in [0.25, 0.3) is 0 Å². The van der Waals surface area contributed by atoms with Crippen molar-refractivity contribution in [2.75, 3.05) is 26.2 Å². The van der Waals surface area contributed by atoms with Gasteiger partial charge in [-0.05, 0) is 43.5 Å². The molecule has 1 aliphatic rings. The summed E-state index contributed by atoms with van der Waals surface area (Å²) in [6, 6.07) is 4.11. The summed E-state index contributed by atoms with van der Waals surface area (Å²) >= 11 is 0. The van der Waals surface area contributed by atoms with Crippen LogP contribution >= 0.6 is 0 Å². The predicted octanol–water partition coefficient (Wildman–Crippen LogP) is 2.29. The second kappa shape index (κ2) is 7.49. The quantitative estimate of drug-likeness (QED) is 0.782. The van der Waals surface area contributed by atoms with E-state index < -0.39 is 0 Å². The molecule has 0 bridgehead atoms. The number of nitrogens with zero attached hydrogens (tertiary/aromatic N) is 2. The van der Waals surface area contributed by atoms with E-state index in [0.717, 1.165) is 19.0 Å². The molecule has 0 amide bonds. The van der Waals surface area contributed by atoms with Crippen molar-refractivity contribution in [1.82, 2.24) is 15.2 Å². The molecule has 1 N–H and O–H groups in total. The van der Waals surface area contributed by atoms with Gasteiger partial charge in [0, 0.05) is 32.0 Å². The fourth-order valence-corrected chi connectivity index (χ4v) is 2.59. The van der Waals surface area contributed by atoms with E-state index in [0.29, 0.717) is 0 Å². The molecule has 0 aromatic carbocycles. The van der Waals surface area contributed by atoms with Gasteiger partial charge in [0.25, 0.3) is 0 Å². The van der Waals surface area contributed by atoms with Crippen LogP contribution < -0.4 is 5.32 Å². The topological polar surface area (TPSA) is 28.2 Å². The monoisotopic (exact) mass is 247 g/mol. The molecule has 0 aliphatic carbocycles. The summed E-state index contributed by atoms with van der Waals surface area (Å²) in [6.07, 6.45) is 7.88. The number of likely N-dealkylation sites (tertiary alicyclic amines) is 1. The van der Waals surface area contributed by atoms with Crippen LogP contribution in [0.2, 0.25) is 0 Å². The van der Waals surface area contributed by atoms with Gasteiger partial charge in [-0.15, -0.1) is 0 Å². The van der Waals surface area contributed by atoms with Crippen LogP contribution in [0.15, 0.2) is 24.5 Å². The molecule has 1 aliphatic heterocycles. The first-order chi connectivity index (χ1) is 8.88. The minimum Gasteiger partial charge on any atom is -0.311 e. The van der Waals surface area contributed by atoms with Gasteiger partial charge in [0.15, 0.2) is 0 Å². The highest BCUT2D eigenvalue weighted by Gasteiger charge is 2.16. The Morgan fingerprint density at radius 3 is 2.89 bits per heavy atom. The van der Waals surface area contributed by atoms with Crippen LogP contribution in [0.1, 0.15) is 31.7 Å². The molecule has 18 heavy (non-hydrogen) atoms. The van der Waals surface area contributed by atoms with Crippen molar-refractivity contribution in [2.45, 2.75) is 32.7 Å². The molecule has 1 aromatic rings. The third-order valence-electron chi connectivity index (χ3n) is 3.94. The maximum atomic E-state index is 4.12. The number of hydrogen-bond acceptors (Lipinski definition) is 3. The Balaban J connectivity index is 1.56. The highest BCUT2D eigenvalue weighted by molar-refractivity contribution is 5.07. The van der Waals surface area contributed by atoms with Gasteiger partial charge < -0.3 is 10.2 Å². The lowest BCUT2D eigenvalue weighted by atomic mass is 9.94. The summed E-state index contributed by atoms with van der Waals surface area (Å²) in [5, 5.41) is 3.49. The molecule has 0 atom stereocenters. The van der Waals surface area contributed by atoms with E-state index in [9.17, 15) is 0 Å². The molecule has 0 unspecified atom stereocenters. The van der Waals surface area contributed by atoms with Crippen molar-refractivity contribution < 1.29 is 0 Å². The van der Waals surface area contributed by atoms with Crippen molar-refractivity contribution in [3.8, 4) is 0 Å². The molecule has 1 aromatic heterocycles. The summed E-state index contributed by atoms with van der Waals surface area (Å²) in [7, 11) is 0. The van der Waals surface area contributed by atoms with Gasteiger partial charge in [0.2, 0.25) is 0 Å². The zero-order valence-corrected chi connectivity index (χ0v) is 11.4. The fourth-order valence-electron chi connectivity index (χ4n) is 2.59. The smallest absolute Gasteiger partial charge is 0.0312 e. The lowest BCUT2D eigenvalue weighted by Gasteiger charge is -2.31. The first-order valence-electron chi connectivity index (χ1n) is 7.20. The zero-order chi connectivity index (χ0) is 12.6. The second-order valence-electron chi connectivity index (χ2n) is 5.23. The van der Waals surface area contributed by atoms with E-state index in [1.165, 1.54) is 44.5 Å². The third kappa shape index (κ3) is 4.39. The van der Waals surface area contributed by atoms with Crippen LogP contribution in [0.3, 0.4) is 0 Å². The zero-order valence-electron chi connectivity index (χ0n) is 11.4. The average Bonchev–Trinajstić information content (AvgIpc) is 2.45. The fraction of sp³-hybridized carbons (Fsp3) is 0.667. The highest BCUT2D eigenvalue weighted by atomic mass is 15.1. The average molecular weight is 247 g/mol. The van der Waals surface area contributed by atoms with Crippen LogP contribution in [0.4, 0.5) is 0 Å². The second-order valence-corrected chi connectivity index (χ2v) is 5.23. The number of piperidine rings is 1. The van der Waals surface area contributed by atoms with E-state index in [-0.39, 0.29) is 0 Å². The minimum atomic E-state index is 0.930. The summed E-state index contributed by atoms with van der Waals surface area (Å²) in [5.74, 6) is 0.976. The van der Waals surface area contributed by atoms with Gasteiger partial charge in [0.1, 0.15) is 0 Å². The largest absolute Gasteiger partial charge is 0.311 e. The number of rotatable bonds is 6. The molecule has 2 heterocycles. The van der Waals surface area contributed by atoms with Crippen molar-refractivity contribution in [1.29, 1.82) is 0 Å². The molecule has 1 saturated heterocycles. The van der Waals surface area contributed by atoms with Crippen LogP contribution in [0, 0.1) is 5.92 Å². The van der Waals surface area contributed by atoms with Crippen molar-refractivity contribution in [3.05, 3.63) is 30.1 Å². The lowest BCUT2D eigenvalue weighted by Crippen LogP contribution is -2.38. The Hall–Kier alpha value is -0.930. The Morgan fingerprint density at radius 2 is 2.22 bits per heavy atom. The number of pyridine rings is 1. The summed E-state index contributed by atoms with van der Waals surface area (Å²) in [6.45, 7) is 8.07. The number of aromatic nitrogens is 1. The Bertz CT molecular complexity index is 318. The van der Waals surface area contributed by atoms with Gasteiger partial charge in [0.05, 0.1) is 0 Å². The molecule has 100 valence electrons. The maximum absolute atomic E-state index is 4.12. The molecule has 1 fully saturated rings. The number of nitrogens with one attached hydrogen (secondary N) is 1. The summed E-state index contributed by atoms with van der Waals surface area (Å²) in [4.78, 5) is 6.71. The summed E-state index contributed by atoms with van der Waals surface area (Å²) in [5.41, 5.74) is 1.27. The molecule has 3 nitrogen and oxygen atoms in total. The Morgan fingerprint density at radius 1 is 1.39 bits per heavy atom. The van der Waals surface area contributed by atoms with Gasteiger partial charge in [-0.3, -0.25) is 4.98 Å². The van der Waals surface area contributed by atoms with Crippen LogP contribution in [-0.4, -0.2) is 36.1 Å². The first-order valence-corrected chi connectivity index (χ1v) is 7.20. The Labute approximate surface area is 111 Å². The molecule has 3 heteroatoms. The molecular formula is C15H25N3. The van der Waals surface area contributed by atoms with E-state index in [4.69, 9.17) is 0 Å². The molecule has 0 spiro atoms. The van der Waals surface area contributed by atoms with Gasteiger partial charge in [-0.2, -0.15) is 0 Å². The maximum Gasteiger partial charge on any atom is 0.0312 e. The summed E-state index contributed by atoms with van der Waals surface area (Å²) < 4.78 is 0. The van der Waals surface area contributed by atoms with Crippen LogP contribution in [0.5, 0.6) is 0 Å². The van der Waals surface area contributed by atoms with Crippen molar-refractivity contribution in [2.24, 2.45) is 5.92 Å². The molecular weight excluding hydrogens is 222 g/mol. The van der Waals surface area contributed by atoms with E-state index >= 15 is 0 Å². The van der Waals surface area contributed by atoms with Crippen molar-refractivity contribution in [3.63, 3.8) is 0 Å². The van der Waals surface area contributed by atoms with Gasteiger partial charge in [-0.1, -0.05) is 19.4 Å². The molecule has 2 rings (SSSR count). The highest BCUT2D eigenvalue weighted by Crippen LogP contribution is 2.19. The van der Waals surface area contributed by atoms with E-state index in [2.05, 4.69) is 28.2 Å². The predicted molar refractivity (Wildman–Crippen MR) is 75.4 cm³/mol. The first kappa shape index (κ1) is 13.5. The standard InChI is InChI=1S/C15H25N3/c1-2-14-5-9-18(10-6-14)11-8-17-13-15-4-3-7-16-12-15/h3-4,7,12,14,17H,2,5-6,8-11,13H2,1H3. The lowest BCUT2D eigenvalue weighted by molar-refractivity contribution is 0.182.